The molecule has 0 aromatic carbocycles. The first kappa shape index (κ1) is 15.8. The van der Waals surface area contributed by atoms with Crippen molar-refractivity contribution in [2.45, 2.75) is 59.5 Å². The maximum absolute atomic E-state index is 5.76. The monoisotopic (exact) mass is 244 g/mol. The van der Waals surface area contributed by atoms with Crippen LogP contribution in [-0.4, -0.2) is 33.4 Å². The second-order valence-electron chi connectivity index (χ2n) is 3.98. The number of rotatable bonds is 8. The predicted octanol–water partition coefficient (Wildman–Crippen LogP) is 3.13. The molecule has 3 nitrogen and oxygen atoms in total. The molecule has 0 aromatic heterocycles. The Kier molecular flexibility index (Phi) is 7.88. The summed E-state index contributed by atoms with van der Waals surface area (Å²) in [5.74, 6) is 0. The van der Waals surface area contributed by atoms with Crippen LogP contribution in [0.4, 0.5) is 0 Å². The van der Waals surface area contributed by atoms with E-state index < -0.39 is 9.28 Å². The van der Waals surface area contributed by atoms with Gasteiger partial charge in [-0.25, -0.2) is 0 Å². The summed E-state index contributed by atoms with van der Waals surface area (Å²) in [6.45, 7) is 13.9. The summed E-state index contributed by atoms with van der Waals surface area (Å²) in [5, 5.41) is -0.170. The smallest absolute Gasteiger partial charge is 0.392 e. The van der Waals surface area contributed by atoms with E-state index in [4.69, 9.17) is 13.8 Å². The van der Waals surface area contributed by atoms with E-state index in [1.165, 1.54) is 5.71 Å². The zero-order chi connectivity index (χ0) is 12.6. The van der Waals surface area contributed by atoms with Gasteiger partial charge in [0.2, 0.25) is 0 Å². The summed E-state index contributed by atoms with van der Waals surface area (Å²) in [4.78, 5) is 4.79. The summed E-state index contributed by atoms with van der Waals surface area (Å²) in [6.07, 6.45) is 1.95. The molecule has 0 rings (SSSR count). The first-order valence-corrected chi connectivity index (χ1v) is 7.53. The van der Waals surface area contributed by atoms with Crippen molar-refractivity contribution >= 4 is 15.0 Å². The molecule has 0 aliphatic heterocycles. The maximum Gasteiger partial charge on any atom is 0.414 e. The van der Waals surface area contributed by atoms with Gasteiger partial charge in [-0.3, -0.25) is 4.99 Å². The van der Waals surface area contributed by atoms with Gasteiger partial charge in [-0.15, -0.1) is 0 Å². The molecule has 0 saturated heterocycles. The second kappa shape index (κ2) is 7.98. The van der Waals surface area contributed by atoms with Crippen molar-refractivity contribution in [2.24, 2.45) is 4.99 Å². The predicted molar refractivity (Wildman–Crippen MR) is 71.1 cm³/mol. The Morgan fingerprint density at radius 3 is 1.94 bits per heavy atom. The van der Waals surface area contributed by atoms with Crippen molar-refractivity contribution in [1.82, 2.24) is 0 Å². The molecule has 1 atom stereocenters. The minimum absolute atomic E-state index is 0.170. The van der Waals surface area contributed by atoms with Crippen molar-refractivity contribution < 1.29 is 8.85 Å². The van der Waals surface area contributed by atoms with Crippen LogP contribution in [0.1, 0.15) is 54.4 Å². The number of aliphatic imine (C=N–C) groups is 1. The molecule has 0 fully saturated rings. The molecule has 16 heavy (non-hydrogen) atoms. The summed E-state index contributed by atoms with van der Waals surface area (Å²) in [6, 6.07) is 0. The molecule has 0 aromatic rings. The van der Waals surface area contributed by atoms with Crippen molar-refractivity contribution in [3.63, 3.8) is 0 Å². The number of hydrogen-bond donors (Lipinski definition) is 0. The van der Waals surface area contributed by atoms with Gasteiger partial charge in [-0.05, 0) is 40.5 Å². The second-order valence-corrected chi connectivity index (χ2v) is 6.21. The first-order chi connectivity index (χ1) is 7.53. The van der Waals surface area contributed by atoms with Crippen molar-refractivity contribution in [2.75, 3.05) is 13.2 Å². The summed E-state index contributed by atoms with van der Waals surface area (Å²) >= 11 is 0. The SMILES string of the molecule is CCO[Si](OCC)C(C)(CC)N=C(C)CC. The number of nitrogens with zero attached hydrogens (tertiary/aromatic N) is 1. The average Bonchev–Trinajstić information content (AvgIpc) is 2.28. The van der Waals surface area contributed by atoms with Crippen LogP contribution in [0, 0.1) is 0 Å². The van der Waals surface area contributed by atoms with Gasteiger partial charge in [0.1, 0.15) is 5.16 Å². The van der Waals surface area contributed by atoms with Crippen LogP contribution in [0.2, 0.25) is 0 Å². The van der Waals surface area contributed by atoms with Gasteiger partial charge in [0, 0.05) is 18.9 Å². The Morgan fingerprint density at radius 2 is 1.62 bits per heavy atom. The lowest BCUT2D eigenvalue weighted by molar-refractivity contribution is 0.188. The quantitative estimate of drug-likeness (QED) is 0.485. The minimum Gasteiger partial charge on any atom is -0.392 e. The van der Waals surface area contributed by atoms with Gasteiger partial charge in [0.15, 0.2) is 0 Å². The Hall–Kier alpha value is -0.193. The lowest BCUT2D eigenvalue weighted by atomic mass is 10.2. The topological polar surface area (TPSA) is 30.8 Å². The van der Waals surface area contributed by atoms with Crippen LogP contribution in [0.3, 0.4) is 0 Å². The molecule has 95 valence electrons. The Labute approximate surface area is 102 Å². The molecule has 0 amide bonds. The van der Waals surface area contributed by atoms with Gasteiger partial charge in [-0.2, -0.15) is 0 Å². The molecule has 0 heterocycles. The molecular formula is C12H26NO2Si. The third-order valence-corrected chi connectivity index (χ3v) is 5.07. The molecular weight excluding hydrogens is 218 g/mol. The third kappa shape index (κ3) is 4.76. The highest BCUT2D eigenvalue weighted by Gasteiger charge is 2.38. The van der Waals surface area contributed by atoms with E-state index >= 15 is 0 Å². The lowest BCUT2D eigenvalue weighted by Crippen LogP contribution is -2.46. The largest absolute Gasteiger partial charge is 0.414 e. The fourth-order valence-corrected chi connectivity index (χ4v) is 3.18. The van der Waals surface area contributed by atoms with E-state index in [-0.39, 0.29) is 5.16 Å². The molecule has 1 radical (unpaired) electrons. The maximum atomic E-state index is 5.76. The van der Waals surface area contributed by atoms with Gasteiger partial charge in [-0.1, -0.05) is 13.8 Å². The van der Waals surface area contributed by atoms with E-state index in [1.807, 2.05) is 13.8 Å². The average molecular weight is 244 g/mol. The Bertz CT molecular complexity index is 215. The van der Waals surface area contributed by atoms with Crippen LogP contribution in [0.5, 0.6) is 0 Å². The fraction of sp³-hybridized carbons (Fsp3) is 0.917. The van der Waals surface area contributed by atoms with E-state index in [0.29, 0.717) is 13.2 Å². The van der Waals surface area contributed by atoms with E-state index in [2.05, 4.69) is 27.7 Å². The third-order valence-electron chi connectivity index (χ3n) is 2.63. The summed E-state index contributed by atoms with van der Waals surface area (Å²) < 4.78 is 11.5. The van der Waals surface area contributed by atoms with Crippen LogP contribution in [0.25, 0.3) is 0 Å². The molecule has 0 N–H and O–H groups in total. The van der Waals surface area contributed by atoms with Crippen LogP contribution in [-0.2, 0) is 8.85 Å². The first-order valence-electron chi connectivity index (χ1n) is 6.22. The normalized spacial score (nSPS) is 16.6. The van der Waals surface area contributed by atoms with Crippen molar-refractivity contribution in [3.05, 3.63) is 0 Å². The number of hydrogen-bond acceptors (Lipinski definition) is 3. The lowest BCUT2D eigenvalue weighted by Gasteiger charge is -2.30. The molecule has 4 heteroatoms. The molecule has 0 spiro atoms. The Morgan fingerprint density at radius 1 is 1.12 bits per heavy atom. The van der Waals surface area contributed by atoms with Crippen molar-refractivity contribution in [1.29, 1.82) is 0 Å². The zero-order valence-electron chi connectivity index (χ0n) is 11.6. The molecule has 0 aliphatic carbocycles. The van der Waals surface area contributed by atoms with E-state index in [0.717, 1.165) is 12.8 Å². The standard InChI is InChI=1S/C12H26NO2Si/c1-7-11(5)13-12(6,8-2)16(14-9-3)15-10-4/h7-10H2,1-6H3. The molecule has 1 unspecified atom stereocenters. The highest BCUT2D eigenvalue weighted by atomic mass is 28.3. The zero-order valence-corrected chi connectivity index (χ0v) is 12.6. The molecule has 0 aliphatic rings. The summed E-state index contributed by atoms with van der Waals surface area (Å²) in [5.41, 5.74) is 1.17. The highest BCUT2D eigenvalue weighted by Crippen LogP contribution is 2.21. The van der Waals surface area contributed by atoms with E-state index in [1.54, 1.807) is 0 Å². The van der Waals surface area contributed by atoms with Crippen LogP contribution in [0.15, 0.2) is 4.99 Å². The van der Waals surface area contributed by atoms with Crippen molar-refractivity contribution in [3.8, 4) is 0 Å². The van der Waals surface area contributed by atoms with Gasteiger partial charge < -0.3 is 8.85 Å². The highest BCUT2D eigenvalue weighted by molar-refractivity contribution is 6.49. The minimum atomic E-state index is -1.33. The van der Waals surface area contributed by atoms with Gasteiger partial charge >= 0.3 is 9.28 Å². The molecule has 0 saturated carbocycles. The van der Waals surface area contributed by atoms with Crippen LogP contribution >= 0.6 is 0 Å². The van der Waals surface area contributed by atoms with Gasteiger partial charge in [0.25, 0.3) is 0 Å². The van der Waals surface area contributed by atoms with E-state index in [9.17, 15) is 0 Å². The fourth-order valence-electron chi connectivity index (χ4n) is 1.38. The Balaban J connectivity index is 4.85. The molecule has 0 bridgehead atoms. The van der Waals surface area contributed by atoms with Gasteiger partial charge in [0.05, 0.1) is 0 Å². The summed E-state index contributed by atoms with van der Waals surface area (Å²) in [7, 11) is -1.33. The van der Waals surface area contributed by atoms with Crippen LogP contribution < -0.4 is 0 Å².